The van der Waals surface area contributed by atoms with E-state index in [1.165, 1.54) is 56.0 Å². The number of aliphatic hydroxyl groups excluding tert-OH is 1. The van der Waals surface area contributed by atoms with Gasteiger partial charge in [-0.05, 0) is 56.0 Å². The fourth-order valence-corrected chi connectivity index (χ4v) is 5.48. The van der Waals surface area contributed by atoms with Gasteiger partial charge in [-0.25, -0.2) is 0 Å². The molecule has 0 bridgehead atoms. The summed E-state index contributed by atoms with van der Waals surface area (Å²) in [4.78, 5) is 0. The molecule has 2 aromatic heterocycles. The summed E-state index contributed by atoms with van der Waals surface area (Å²) in [6, 6.07) is 23.8. The Balaban J connectivity index is 1.41. The Bertz CT molecular complexity index is 1350. The van der Waals surface area contributed by atoms with Gasteiger partial charge in [0.05, 0.1) is 19.2 Å². The van der Waals surface area contributed by atoms with E-state index in [2.05, 4.69) is 82.8 Å². The van der Waals surface area contributed by atoms with Gasteiger partial charge in [0.2, 0.25) is 0 Å². The average Bonchev–Trinajstić information content (AvgIpc) is 3.43. The highest BCUT2D eigenvalue weighted by atomic mass is 16.3. The van der Waals surface area contributed by atoms with Crippen molar-refractivity contribution in [2.24, 2.45) is 0 Å². The lowest BCUT2D eigenvalue weighted by molar-refractivity contribution is 0.138. The number of para-hydroxylation sites is 2. The smallest absolute Gasteiger partial charge is 0.0897 e. The van der Waals surface area contributed by atoms with Gasteiger partial charge in [0.15, 0.2) is 0 Å². The first-order chi connectivity index (χ1) is 14.7. The normalized spacial score (nSPS) is 14.7. The lowest BCUT2D eigenvalue weighted by Gasteiger charge is -2.17. The van der Waals surface area contributed by atoms with Crippen molar-refractivity contribution >= 4 is 32.7 Å². The van der Waals surface area contributed by atoms with Crippen molar-refractivity contribution in [2.45, 2.75) is 45.4 Å². The number of benzene rings is 3. The fraction of sp³-hybridized carbons (Fsp3) is 0.259. The van der Waals surface area contributed by atoms with E-state index in [0.717, 1.165) is 12.8 Å². The summed E-state index contributed by atoms with van der Waals surface area (Å²) >= 11 is 0. The molecule has 1 N–H and O–H groups in total. The summed E-state index contributed by atoms with van der Waals surface area (Å²) < 4.78 is 4.67. The van der Waals surface area contributed by atoms with Crippen molar-refractivity contribution in [3.05, 3.63) is 83.6 Å². The first-order valence-corrected chi connectivity index (χ1v) is 11.0. The van der Waals surface area contributed by atoms with Crippen LogP contribution in [0.5, 0.6) is 0 Å². The van der Waals surface area contributed by atoms with Crippen LogP contribution in [0.15, 0.2) is 66.7 Å². The summed E-state index contributed by atoms with van der Waals surface area (Å²) in [6.07, 6.45) is 3.04. The lowest BCUT2D eigenvalue weighted by Crippen LogP contribution is -2.23. The monoisotopic (exact) mass is 394 g/mol. The minimum absolute atomic E-state index is 0.453. The van der Waals surface area contributed by atoms with Gasteiger partial charge in [0.25, 0.3) is 0 Å². The number of aryl methyl sites for hydroxylation is 2. The Morgan fingerprint density at radius 2 is 1.40 bits per heavy atom. The van der Waals surface area contributed by atoms with Crippen LogP contribution in [0.3, 0.4) is 0 Å². The minimum atomic E-state index is -0.453. The zero-order valence-corrected chi connectivity index (χ0v) is 17.3. The number of hydrogen-bond acceptors (Lipinski definition) is 1. The second kappa shape index (κ2) is 6.75. The molecule has 5 aromatic rings. The molecule has 1 aliphatic rings. The molecule has 6 rings (SSSR count). The third kappa shape index (κ3) is 2.62. The molecule has 150 valence electrons. The van der Waals surface area contributed by atoms with Gasteiger partial charge >= 0.3 is 0 Å². The summed E-state index contributed by atoms with van der Waals surface area (Å²) in [5.41, 5.74) is 7.88. The molecule has 1 unspecified atom stereocenters. The van der Waals surface area contributed by atoms with Crippen LogP contribution in [0.1, 0.15) is 23.2 Å². The van der Waals surface area contributed by atoms with E-state index in [9.17, 15) is 5.11 Å². The molecule has 0 saturated heterocycles. The highest BCUT2D eigenvalue weighted by Crippen LogP contribution is 2.34. The number of nitrogens with zero attached hydrogens (tertiary/aromatic N) is 2. The van der Waals surface area contributed by atoms with Gasteiger partial charge in [0, 0.05) is 38.4 Å². The predicted octanol–water partition coefficient (Wildman–Crippen LogP) is 5.61. The van der Waals surface area contributed by atoms with E-state index in [1.807, 2.05) is 0 Å². The van der Waals surface area contributed by atoms with Crippen LogP contribution in [0.4, 0.5) is 0 Å². The standard InChI is InChI=1S/C27H26N2O/c1-18-13-14-27-23(15-18)22-9-6-12-26(22)29(27)17-19(30)16-28-24-10-4-2-7-20(24)21-8-3-5-11-25(21)28/h2-5,7-8,10-11,13-15,19,30H,6,9,12,16-17H2,1H3. The molecule has 30 heavy (non-hydrogen) atoms. The molecule has 0 aliphatic heterocycles. The van der Waals surface area contributed by atoms with Crippen LogP contribution >= 0.6 is 0 Å². The summed E-state index contributed by atoms with van der Waals surface area (Å²) in [5.74, 6) is 0. The quantitative estimate of drug-likeness (QED) is 0.422. The zero-order valence-electron chi connectivity index (χ0n) is 17.3. The maximum absolute atomic E-state index is 11.2. The van der Waals surface area contributed by atoms with Crippen molar-refractivity contribution in [2.75, 3.05) is 0 Å². The summed E-state index contributed by atoms with van der Waals surface area (Å²) in [5, 5.41) is 15.1. The molecule has 0 fully saturated rings. The van der Waals surface area contributed by atoms with Crippen molar-refractivity contribution in [1.29, 1.82) is 0 Å². The van der Waals surface area contributed by atoms with Crippen LogP contribution in [-0.4, -0.2) is 20.3 Å². The van der Waals surface area contributed by atoms with Crippen LogP contribution in [0, 0.1) is 6.92 Å². The van der Waals surface area contributed by atoms with Crippen LogP contribution in [0.2, 0.25) is 0 Å². The molecule has 3 nitrogen and oxygen atoms in total. The molecular formula is C27H26N2O. The maximum atomic E-state index is 11.2. The second-order valence-corrected chi connectivity index (χ2v) is 8.71. The van der Waals surface area contributed by atoms with Crippen LogP contribution < -0.4 is 0 Å². The zero-order chi connectivity index (χ0) is 20.2. The molecular weight excluding hydrogens is 368 g/mol. The number of aliphatic hydroxyl groups is 1. The molecule has 0 saturated carbocycles. The SMILES string of the molecule is Cc1ccc2c(c1)c1c(n2CC(O)Cn2c3ccccc3c3ccccc32)CCC1. The topological polar surface area (TPSA) is 30.1 Å². The van der Waals surface area contributed by atoms with Gasteiger partial charge < -0.3 is 14.2 Å². The number of fused-ring (bicyclic) bond motifs is 6. The molecule has 0 radical (unpaired) electrons. The van der Waals surface area contributed by atoms with Crippen molar-refractivity contribution in [1.82, 2.24) is 9.13 Å². The lowest BCUT2D eigenvalue weighted by atomic mass is 10.1. The second-order valence-electron chi connectivity index (χ2n) is 8.71. The van der Waals surface area contributed by atoms with Crippen LogP contribution in [-0.2, 0) is 25.9 Å². The van der Waals surface area contributed by atoms with Crippen LogP contribution in [0.25, 0.3) is 32.7 Å². The van der Waals surface area contributed by atoms with Gasteiger partial charge in [0.1, 0.15) is 0 Å². The Morgan fingerprint density at radius 1 is 0.767 bits per heavy atom. The average molecular weight is 395 g/mol. The highest BCUT2D eigenvalue weighted by Gasteiger charge is 2.23. The third-order valence-electron chi connectivity index (χ3n) is 6.75. The number of hydrogen-bond donors (Lipinski definition) is 1. The molecule has 0 spiro atoms. The van der Waals surface area contributed by atoms with E-state index in [-0.39, 0.29) is 0 Å². The van der Waals surface area contributed by atoms with Gasteiger partial charge in [-0.2, -0.15) is 0 Å². The largest absolute Gasteiger partial charge is 0.389 e. The van der Waals surface area contributed by atoms with Gasteiger partial charge in [-0.1, -0.05) is 48.0 Å². The number of rotatable bonds is 4. The molecule has 1 atom stereocenters. The Hall–Kier alpha value is -3.04. The predicted molar refractivity (Wildman–Crippen MR) is 124 cm³/mol. The van der Waals surface area contributed by atoms with Crippen molar-refractivity contribution < 1.29 is 5.11 Å². The third-order valence-corrected chi connectivity index (χ3v) is 6.75. The first kappa shape index (κ1) is 17.8. The van der Waals surface area contributed by atoms with Gasteiger partial charge in [-0.15, -0.1) is 0 Å². The molecule has 1 aliphatic carbocycles. The summed E-state index contributed by atoms with van der Waals surface area (Å²) in [7, 11) is 0. The molecule has 2 heterocycles. The van der Waals surface area contributed by atoms with E-state index in [4.69, 9.17) is 0 Å². The van der Waals surface area contributed by atoms with Crippen molar-refractivity contribution in [3.63, 3.8) is 0 Å². The van der Waals surface area contributed by atoms with E-state index >= 15 is 0 Å². The van der Waals surface area contributed by atoms with E-state index in [1.54, 1.807) is 0 Å². The summed E-state index contributed by atoms with van der Waals surface area (Å²) in [6.45, 7) is 3.39. The minimum Gasteiger partial charge on any atom is -0.389 e. The fourth-order valence-electron chi connectivity index (χ4n) is 5.48. The van der Waals surface area contributed by atoms with E-state index < -0.39 is 6.10 Å². The Labute approximate surface area is 176 Å². The molecule has 3 heteroatoms. The van der Waals surface area contributed by atoms with E-state index in [0.29, 0.717) is 13.1 Å². The Morgan fingerprint density at radius 3 is 2.13 bits per heavy atom. The number of aromatic nitrogens is 2. The highest BCUT2D eigenvalue weighted by molar-refractivity contribution is 6.07. The first-order valence-electron chi connectivity index (χ1n) is 11.0. The molecule has 3 aromatic carbocycles. The van der Waals surface area contributed by atoms with Crippen molar-refractivity contribution in [3.8, 4) is 0 Å². The maximum Gasteiger partial charge on any atom is 0.0897 e. The molecule has 0 amide bonds. The van der Waals surface area contributed by atoms with Gasteiger partial charge in [-0.3, -0.25) is 0 Å². The Kier molecular flexibility index (Phi) is 4.00.